The predicted molar refractivity (Wildman–Crippen MR) is 63.5 cm³/mol. The summed E-state index contributed by atoms with van der Waals surface area (Å²) >= 11 is 0. The van der Waals surface area contributed by atoms with Crippen LogP contribution in [-0.2, 0) is 18.0 Å². The van der Waals surface area contributed by atoms with Crippen LogP contribution in [0.15, 0.2) is 42.6 Å². The van der Waals surface area contributed by atoms with E-state index < -0.39 is 0 Å². The standard InChI is InChI=1S/C13H13FN2O/c14-13-7-11(15)5-4-10(13)8-17-9-12-3-1-2-6-16-12/h1-7H,8-9,15H2. The maximum Gasteiger partial charge on any atom is 0.130 e. The lowest BCUT2D eigenvalue weighted by Crippen LogP contribution is -1.99. The summed E-state index contributed by atoms with van der Waals surface area (Å²) in [7, 11) is 0. The number of ether oxygens (including phenoxy) is 1. The Morgan fingerprint density at radius 2 is 2.06 bits per heavy atom. The summed E-state index contributed by atoms with van der Waals surface area (Å²) in [6.07, 6.45) is 1.70. The third-order valence-corrected chi connectivity index (χ3v) is 2.31. The molecule has 0 aliphatic rings. The van der Waals surface area contributed by atoms with Gasteiger partial charge >= 0.3 is 0 Å². The number of pyridine rings is 1. The number of nitrogens with two attached hydrogens (primary N) is 1. The molecule has 4 heteroatoms. The summed E-state index contributed by atoms with van der Waals surface area (Å²) in [5.41, 5.74) is 7.19. The Balaban J connectivity index is 1.90. The van der Waals surface area contributed by atoms with E-state index in [2.05, 4.69) is 4.98 Å². The molecule has 0 saturated carbocycles. The second-order valence-corrected chi connectivity index (χ2v) is 3.66. The second kappa shape index (κ2) is 5.41. The highest BCUT2D eigenvalue weighted by molar-refractivity contribution is 5.40. The topological polar surface area (TPSA) is 48.1 Å². The Kier molecular flexibility index (Phi) is 3.67. The average molecular weight is 232 g/mol. The van der Waals surface area contributed by atoms with Crippen molar-refractivity contribution < 1.29 is 9.13 Å². The minimum atomic E-state index is -0.342. The first-order valence-corrected chi connectivity index (χ1v) is 5.27. The molecule has 2 N–H and O–H groups in total. The zero-order valence-electron chi connectivity index (χ0n) is 9.27. The van der Waals surface area contributed by atoms with E-state index in [0.29, 0.717) is 17.9 Å². The van der Waals surface area contributed by atoms with Gasteiger partial charge in [0.25, 0.3) is 0 Å². The predicted octanol–water partition coefficient (Wildman–Crippen LogP) is 2.52. The van der Waals surface area contributed by atoms with Crippen molar-refractivity contribution in [3.05, 3.63) is 59.7 Å². The summed E-state index contributed by atoms with van der Waals surface area (Å²) in [6.45, 7) is 0.577. The van der Waals surface area contributed by atoms with Crippen molar-refractivity contribution in [2.75, 3.05) is 5.73 Å². The Bertz CT molecular complexity index is 488. The van der Waals surface area contributed by atoms with Gasteiger partial charge in [-0.25, -0.2) is 4.39 Å². The molecule has 0 spiro atoms. The van der Waals surface area contributed by atoms with Crippen LogP contribution >= 0.6 is 0 Å². The molecule has 0 amide bonds. The molecule has 3 nitrogen and oxygen atoms in total. The van der Waals surface area contributed by atoms with Crippen molar-refractivity contribution in [2.45, 2.75) is 13.2 Å². The zero-order valence-corrected chi connectivity index (χ0v) is 9.27. The Labute approximate surface area is 99.1 Å². The van der Waals surface area contributed by atoms with E-state index in [1.807, 2.05) is 18.2 Å². The molecule has 0 radical (unpaired) electrons. The van der Waals surface area contributed by atoms with Gasteiger partial charge in [-0.2, -0.15) is 0 Å². The van der Waals surface area contributed by atoms with E-state index in [0.717, 1.165) is 5.69 Å². The van der Waals surface area contributed by atoms with Crippen molar-refractivity contribution >= 4 is 5.69 Å². The van der Waals surface area contributed by atoms with Crippen molar-refractivity contribution in [1.29, 1.82) is 0 Å². The minimum Gasteiger partial charge on any atom is -0.399 e. The molecule has 0 atom stereocenters. The van der Waals surface area contributed by atoms with Gasteiger partial charge in [-0.3, -0.25) is 4.98 Å². The first-order chi connectivity index (χ1) is 8.25. The number of nitrogen functional groups attached to an aromatic ring is 1. The van der Waals surface area contributed by atoms with Gasteiger partial charge in [-0.1, -0.05) is 12.1 Å². The molecule has 0 fully saturated rings. The van der Waals surface area contributed by atoms with Gasteiger partial charge in [0, 0.05) is 17.4 Å². The third kappa shape index (κ3) is 3.26. The van der Waals surface area contributed by atoms with E-state index in [9.17, 15) is 4.39 Å². The lowest BCUT2D eigenvalue weighted by Gasteiger charge is -2.05. The normalized spacial score (nSPS) is 10.4. The fraction of sp³-hybridized carbons (Fsp3) is 0.154. The van der Waals surface area contributed by atoms with Crippen LogP contribution < -0.4 is 5.73 Å². The number of aromatic nitrogens is 1. The zero-order chi connectivity index (χ0) is 12.1. The molecule has 17 heavy (non-hydrogen) atoms. The van der Waals surface area contributed by atoms with Gasteiger partial charge < -0.3 is 10.5 Å². The van der Waals surface area contributed by atoms with Crippen molar-refractivity contribution in [2.24, 2.45) is 0 Å². The molecule has 1 heterocycles. The lowest BCUT2D eigenvalue weighted by atomic mass is 10.2. The quantitative estimate of drug-likeness (QED) is 0.824. The molecule has 2 aromatic rings. The number of hydrogen-bond donors (Lipinski definition) is 1. The highest BCUT2D eigenvalue weighted by Crippen LogP contribution is 2.13. The van der Waals surface area contributed by atoms with Crippen LogP contribution in [0.2, 0.25) is 0 Å². The molecule has 0 aliphatic carbocycles. The van der Waals surface area contributed by atoms with Crippen molar-refractivity contribution in [3.63, 3.8) is 0 Å². The Hall–Kier alpha value is -1.94. The number of hydrogen-bond acceptors (Lipinski definition) is 3. The fourth-order valence-electron chi connectivity index (χ4n) is 1.43. The van der Waals surface area contributed by atoms with Gasteiger partial charge in [0.05, 0.1) is 18.9 Å². The Morgan fingerprint density at radius 3 is 2.76 bits per heavy atom. The first kappa shape index (κ1) is 11.5. The minimum absolute atomic E-state index is 0.211. The number of halogens is 1. The SMILES string of the molecule is Nc1ccc(COCc2ccccn2)c(F)c1. The highest BCUT2D eigenvalue weighted by Gasteiger charge is 2.02. The molecule has 88 valence electrons. The van der Waals surface area contributed by atoms with Crippen LogP contribution in [0.4, 0.5) is 10.1 Å². The van der Waals surface area contributed by atoms with Crippen LogP contribution in [0.1, 0.15) is 11.3 Å². The van der Waals surface area contributed by atoms with E-state index in [1.165, 1.54) is 6.07 Å². The van der Waals surface area contributed by atoms with E-state index in [4.69, 9.17) is 10.5 Å². The maximum absolute atomic E-state index is 13.4. The molecule has 0 unspecified atom stereocenters. The van der Waals surface area contributed by atoms with Crippen LogP contribution in [0, 0.1) is 5.82 Å². The van der Waals surface area contributed by atoms with Gasteiger partial charge in [0.15, 0.2) is 0 Å². The summed E-state index contributed by atoms with van der Waals surface area (Å²) in [4.78, 5) is 4.11. The molecule has 0 bridgehead atoms. The molecule has 1 aromatic carbocycles. The van der Waals surface area contributed by atoms with Crippen molar-refractivity contribution in [1.82, 2.24) is 4.98 Å². The van der Waals surface area contributed by atoms with Gasteiger partial charge in [0.1, 0.15) is 5.82 Å². The third-order valence-electron chi connectivity index (χ3n) is 2.31. The average Bonchev–Trinajstić information content (AvgIpc) is 2.33. The summed E-state index contributed by atoms with van der Waals surface area (Å²) < 4.78 is 18.8. The summed E-state index contributed by atoms with van der Waals surface area (Å²) in [5.74, 6) is -0.342. The van der Waals surface area contributed by atoms with Crippen LogP contribution in [0.25, 0.3) is 0 Å². The number of benzene rings is 1. The number of nitrogens with zero attached hydrogens (tertiary/aromatic N) is 1. The number of rotatable bonds is 4. The number of anilines is 1. The van der Waals surface area contributed by atoms with Gasteiger partial charge in [0.2, 0.25) is 0 Å². The van der Waals surface area contributed by atoms with E-state index in [1.54, 1.807) is 18.3 Å². The molecule has 0 aliphatic heterocycles. The lowest BCUT2D eigenvalue weighted by molar-refractivity contribution is 0.102. The van der Waals surface area contributed by atoms with Crippen LogP contribution in [0.3, 0.4) is 0 Å². The van der Waals surface area contributed by atoms with Gasteiger partial charge in [-0.05, 0) is 24.3 Å². The van der Waals surface area contributed by atoms with Crippen LogP contribution in [0.5, 0.6) is 0 Å². The van der Waals surface area contributed by atoms with Gasteiger partial charge in [-0.15, -0.1) is 0 Å². The van der Waals surface area contributed by atoms with E-state index >= 15 is 0 Å². The molecular weight excluding hydrogens is 219 g/mol. The summed E-state index contributed by atoms with van der Waals surface area (Å²) in [6, 6.07) is 10.2. The second-order valence-electron chi connectivity index (χ2n) is 3.66. The monoisotopic (exact) mass is 232 g/mol. The largest absolute Gasteiger partial charge is 0.399 e. The Morgan fingerprint density at radius 1 is 1.18 bits per heavy atom. The summed E-state index contributed by atoms with van der Waals surface area (Å²) in [5, 5.41) is 0. The first-order valence-electron chi connectivity index (χ1n) is 5.27. The highest BCUT2D eigenvalue weighted by atomic mass is 19.1. The molecular formula is C13H13FN2O. The molecule has 0 saturated heterocycles. The smallest absolute Gasteiger partial charge is 0.130 e. The molecule has 1 aromatic heterocycles. The van der Waals surface area contributed by atoms with Crippen molar-refractivity contribution in [3.8, 4) is 0 Å². The maximum atomic E-state index is 13.4. The van der Waals surface area contributed by atoms with E-state index in [-0.39, 0.29) is 12.4 Å². The fourth-order valence-corrected chi connectivity index (χ4v) is 1.43. The van der Waals surface area contributed by atoms with Crippen LogP contribution in [-0.4, -0.2) is 4.98 Å². The molecule has 2 rings (SSSR count).